The summed E-state index contributed by atoms with van der Waals surface area (Å²) in [6, 6.07) is 0. The predicted molar refractivity (Wildman–Crippen MR) is 71.8 cm³/mol. The monoisotopic (exact) mass is 336 g/mol. The third-order valence-electron chi connectivity index (χ3n) is 3.12. The Bertz CT molecular complexity index is 284. The normalized spacial score (nSPS) is 12.0. The Balaban J connectivity index is 2.58. The third-order valence-corrected chi connectivity index (χ3v) is 5.50. The van der Waals surface area contributed by atoms with Crippen LogP contribution in [0.15, 0.2) is 12.4 Å². The van der Waals surface area contributed by atoms with Gasteiger partial charge < -0.3 is 4.57 Å². The van der Waals surface area contributed by atoms with Crippen molar-refractivity contribution >= 4 is 31.9 Å². The lowest BCUT2D eigenvalue weighted by atomic mass is 9.85. The van der Waals surface area contributed by atoms with Gasteiger partial charge in [-0.1, -0.05) is 38.8 Å². The molecule has 0 aliphatic rings. The van der Waals surface area contributed by atoms with Gasteiger partial charge >= 0.3 is 0 Å². The van der Waals surface area contributed by atoms with Gasteiger partial charge in [-0.15, -0.1) is 0 Å². The first-order valence-corrected chi connectivity index (χ1v) is 7.50. The predicted octanol–water partition coefficient (Wildman–Crippen LogP) is 3.54. The Labute approximate surface area is 109 Å². The van der Waals surface area contributed by atoms with Crippen LogP contribution >= 0.6 is 31.9 Å². The minimum Gasteiger partial charge on any atom is -0.338 e. The smallest absolute Gasteiger partial charge is 0.108 e. The van der Waals surface area contributed by atoms with E-state index >= 15 is 0 Å². The first-order valence-electron chi connectivity index (χ1n) is 5.25. The zero-order chi connectivity index (χ0) is 11.3. The van der Waals surface area contributed by atoms with Gasteiger partial charge in [0.05, 0.1) is 0 Å². The fourth-order valence-corrected chi connectivity index (χ4v) is 3.83. The molecular weight excluding hydrogens is 320 g/mol. The highest BCUT2D eigenvalue weighted by Crippen LogP contribution is 2.32. The number of alkyl halides is 2. The first-order chi connectivity index (χ1) is 7.17. The van der Waals surface area contributed by atoms with Crippen molar-refractivity contribution in [2.75, 3.05) is 10.7 Å². The molecule has 0 bridgehead atoms. The molecule has 4 heteroatoms. The van der Waals surface area contributed by atoms with Crippen LogP contribution in [0.5, 0.6) is 0 Å². The largest absolute Gasteiger partial charge is 0.338 e. The van der Waals surface area contributed by atoms with Gasteiger partial charge in [-0.25, -0.2) is 4.98 Å². The molecule has 2 nitrogen and oxygen atoms in total. The van der Waals surface area contributed by atoms with Crippen LogP contribution in [0, 0.1) is 5.41 Å². The van der Waals surface area contributed by atoms with Gasteiger partial charge in [0.25, 0.3) is 0 Å². The van der Waals surface area contributed by atoms with Crippen LogP contribution < -0.4 is 0 Å². The molecule has 0 aromatic carbocycles. The van der Waals surface area contributed by atoms with Crippen LogP contribution in [0.1, 0.15) is 25.6 Å². The molecule has 0 atom stereocenters. The molecule has 0 amide bonds. The Morgan fingerprint density at radius 1 is 1.40 bits per heavy atom. The second-order valence-corrected chi connectivity index (χ2v) is 5.20. The van der Waals surface area contributed by atoms with E-state index in [9.17, 15) is 0 Å². The molecule has 0 radical (unpaired) electrons. The molecular formula is C11H18Br2N2. The molecule has 1 aromatic rings. The molecule has 0 aliphatic heterocycles. The molecule has 1 heterocycles. The van der Waals surface area contributed by atoms with Gasteiger partial charge in [0.15, 0.2) is 0 Å². The van der Waals surface area contributed by atoms with E-state index in [-0.39, 0.29) is 0 Å². The quantitative estimate of drug-likeness (QED) is 0.726. The van der Waals surface area contributed by atoms with Crippen molar-refractivity contribution in [3.8, 4) is 0 Å². The van der Waals surface area contributed by atoms with Crippen molar-refractivity contribution in [3.63, 3.8) is 0 Å². The van der Waals surface area contributed by atoms with E-state index in [4.69, 9.17) is 0 Å². The summed E-state index contributed by atoms with van der Waals surface area (Å²) in [7, 11) is 2.05. The van der Waals surface area contributed by atoms with E-state index in [0.29, 0.717) is 5.41 Å². The second-order valence-electron chi connectivity index (χ2n) is 4.08. The molecule has 0 spiro atoms. The van der Waals surface area contributed by atoms with Crippen molar-refractivity contribution in [2.24, 2.45) is 12.5 Å². The zero-order valence-corrected chi connectivity index (χ0v) is 12.5. The Morgan fingerprint density at radius 3 is 2.47 bits per heavy atom. The molecule has 0 saturated heterocycles. The summed E-state index contributed by atoms with van der Waals surface area (Å²) < 4.78 is 2.10. The van der Waals surface area contributed by atoms with Crippen LogP contribution in [0.2, 0.25) is 0 Å². The maximum absolute atomic E-state index is 4.35. The summed E-state index contributed by atoms with van der Waals surface area (Å²) in [5, 5.41) is 2.10. The first kappa shape index (κ1) is 13.2. The average Bonchev–Trinajstić information content (AvgIpc) is 2.67. The second kappa shape index (κ2) is 6.04. The van der Waals surface area contributed by atoms with Crippen LogP contribution in [-0.4, -0.2) is 20.2 Å². The molecule has 0 aliphatic carbocycles. The van der Waals surface area contributed by atoms with E-state index in [1.165, 1.54) is 18.7 Å². The lowest BCUT2D eigenvalue weighted by Gasteiger charge is -2.28. The highest BCUT2D eigenvalue weighted by Gasteiger charge is 2.25. The van der Waals surface area contributed by atoms with E-state index in [1.807, 2.05) is 12.4 Å². The van der Waals surface area contributed by atoms with Crippen LogP contribution in [-0.2, 0) is 13.5 Å². The Hall–Kier alpha value is 0.170. The van der Waals surface area contributed by atoms with Crippen molar-refractivity contribution in [2.45, 2.75) is 26.2 Å². The van der Waals surface area contributed by atoms with Crippen LogP contribution in [0.4, 0.5) is 0 Å². The van der Waals surface area contributed by atoms with E-state index < -0.39 is 0 Å². The van der Waals surface area contributed by atoms with Gasteiger partial charge in [-0.2, -0.15) is 0 Å². The number of imidazole rings is 1. The summed E-state index contributed by atoms with van der Waals surface area (Å²) in [5.41, 5.74) is 0.367. The summed E-state index contributed by atoms with van der Waals surface area (Å²) in [6.45, 7) is 2.25. The number of halogens is 2. The summed E-state index contributed by atoms with van der Waals surface area (Å²) in [5.74, 6) is 1.18. The van der Waals surface area contributed by atoms with Gasteiger partial charge in [-0.3, -0.25) is 0 Å². The minimum absolute atomic E-state index is 0.367. The van der Waals surface area contributed by atoms with Crippen LogP contribution in [0.3, 0.4) is 0 Å². The SMILES string of the molecule is CCC(CBr)(CBr)CCc1nccn1C. The lowest BCUT2D eigenvalue weighted by molar-refractivity contribution is 0.341. The van der Waals surface area contributed by atoms with Gasteiger partial charge in [-0.05, 0) is 18.3 Å². The van der Waals surface area contributed by atoms with E-state index in [0.717, 1.165) is 17.1 Å². The number of rotatable bonds is 6. The minimum atomic E-state index is 0.367. The fourth-order valence-electron chi connectivity index (χ4n) is 1.55. The molecule has 0 saturated carbocycles. The van der Waals surface area contributed by atoms with Crippen molar-refractivity contribution in [1.29, 1.82) is 0 Å². The maximum Gasteiger partial charge on any atom is 0.108 e. The van der Waals surface area contributed by atoms with Gasteiger partial charge in [0.1, 0.15) is 5.82 Å². The van der Waals surface area contributed by atoms with Gasteiger partial charge in [0, 0.05) is 36.5 Å². The zero-order valence-electron chi connectivity index (χ0n) is 9.34. The average molecular weight is 338 g/mol. The lowest BCUT2D eigenvalue weighted by Crippen LogP contribution is -2.25. The summed E-state index contributed by atoms with van der Waals surface area (Å²) in [4.78, 5) is 4.35. The fraction of sp³-hybridized carbons (Fsp3) is 0.727. The third kappa shape index (κ3) is 3.31. The van der Waals surface area contributed by atoms with Crippen molar-refractivity contribution < 1.29 is 0 Å². The molecule has 1 rings (SSSR count). The molecule has 1 aromatic heterocycles. The van der Waals surface area contributed by atoms with E-state index in [1.54, 1.807) is 0 Å². The highest BCUT2D eigenvalue weighted by atomic mass is 79.9. The molecule has 0 fully saturated rings. The van der Waals surface area contributed by atoms with E-state index in [2.05, 4.69) is 55.4 Å². The Morgan fingerprint density at radius 2 is 2.07 bits per heavy atom. The molecule has 0 unspecified atom stereocenters. The molecule has 86 valence electrons. The molecule has 15 heavy (non-hydrogen) atoms. The number of aromatic nitrogens is 2. The topological polar surface area (TPSA) is 17.8 Å². The maximum atomic E-state index is 4.35. The summed E-state index contributed by atoms with van der Waals surface area (Å²) >= 11 is 7.24. The van der Waals surface area contributed by atoms with Crippen molar-refractivity contribution in [1.82, 2.24) is 9.55 Å². The standard InChI is InChI=1S/C11H18Br2N2/c1-3-11(8-12,9-13)5-4-10-14-6-7-15(10)2/h6-7H,3-5,8-9H2,1-2H3. The van der Waals surface area contributed by atoms with Gasteiger partial charge in [0.2, 0.25) is 0 Å². The molecule has 0 N–H and O–H groups in total. The summed E-state index contributed by atoms with van der Waals surface area (Å²) in [6.07, 6.45) is 7.28. The Kier molecular flexibility index (Phi) is 5.33. The van der Waals surface area contributed by atoms with Crippen molar-refractivity contribution in [3.05, 3.63) is 18.2 Å². The number of nitrogens with zero attached hydrogens (tertiary/aromatic N) is 2. The number of hydrogen-bond acceptors (Lipinski definition) is 1. The number of hydrogen-bond donors (Lipinski definition) is 0. The highest BCUT2D eigenvalue weighted by molar-refractivity contribution is 9.09. The van der Waals surface area contributed by atoms with Crippen LogP contribution in [0.25, 0.3) is 0 Å². The number of aryl methyl sites for hydroxylation is 2.